The summed E-state index contributed by atoms with van der Waals surface area (Å²) < 4.78 is 12.3. The molecule has 0 heterocycles. The predicted octanol–water partition coefficient (Wildman–Crippen LogP) is 3.21. The summed E-state index contributed by atoms with van der Waals surface area (Å²) in [6.45, 7) is 9.97. The van der Waals surface area contributed by atoms with Crippen molar-refractivity contribution in [1.82, 2.24) is 0 Å². The van der Waals surface area contributed by atoms with E-state index in [9.17, 15) is 0 Å². The molecule has 17 heavy (non-hydrogen) atoms. The van der Waals surface area contributed by atoms with Crippen LogP contribution < -0.4 is 5.19 Å². The number of rotatable bonds is 7. The van der Waals surface area contributed by atoms with Gasteiger partial charge in [-0.3, -0.25) is 0 Å². The minimum Gasteiger partial charge on any atom is -0.391 e. The van der Waals surface area contributed by atoms with E-state index in [1.165, 1.54) is 5.19 Å². The lowest BCUT2D eigenvalue weighted by molar-refractivity contribution is 0.186. The molecule has 1 aromatic rings. The monoisotopic (exact) mass is 252 g/mol. The van der Waals surface area contributed by atoms with Crippen LogP contribution in [0.15, 0.2) is 30.3 Å². The summed E-state index contributed by atoms with van der Waals surface area (Å²) in [7, 11) is -2.28. The molecule has 1 atom stereocenters. The van der Waals surface area contributed by atoms with E-state index < -0.39 is 8.56 Å². The smallest absolute Gasteiger partial charge is 0.375 e. The lowest BCUT2D eigenvalue weighted by atomic mass is 10.4. The van der Waals surface area contributed by atoms with Crippen molar-refractivity contribution >= 4 is 13.7 Å². The van der Waals surface area contributed by atoms with E-state index in [1.54, 1.807) is 0 Å². The molecule has 0 spiro atoms. The molecule has 96 valence electrons. The average Bonchev–Trinajstić information content (AvgIpc) is 2.38. The fourth-order valence-electron chi connectivity index (χ4n) is 2.15. The molecule has 0 aromatic heterocycles. The summed E-state index contributed by atoms with van der Waals surface area (Å²) in [4.78, 5) is 0. The highest BCUT2D eigenvalue weighted by atomic mass is 28.4. The molecule has 0 bridgehead atoms. The molecule has 0 fully saturated rings. The molecule has 0 aliphatic heterocycles. The zero-order valence-corrected chi connectivity index (χ0v) is 12.4. The van der Waals surface area contributed by atoms with Gasteiger partial charge in [0.25, 0.3) is 0 Å². The second-order valence-corrected chi connectivity index (χ2v) is 7.68. The number of hydrogen-bond acceptors (Lipinski definition) is 2. The van der Waals surface area contributed by atoms with Gasteiger partial charge in [0.05, 0.1) is 0 Å². The number of benzene rings is 1. The van der Waals surface area contributed by atoms with Gasteiger partial charge in [0, 0.05) is 18.8 Å². The predicted molar refractivity (Wildman–Crippen MR) is 74.8 cm³/mol. The molecular formula is C14H24O2Si. The Morgan fingerprint density at radius 2 is 1.53 bits per heavy atom. The summed E-state index contributed by atoms with van der Waals surface area (Å²) in [6, 6.07) is 10.5. The van der Waals surface area contributed by atoms with Crippen LogP contribution in [-0.4, -0.2) is 21.8 Å². The highest BCUT2D eigenvalue weighted by Crippen LogP contribution is 2.27. The second kappa shape index (κ2) is 6.94. The quantitative estimate of drug-likeness (QED) is 0.694. The molecule has 3 heteroatoms. The Kier molecular flexibility index (Phi) is 5.89. The second-order valence-electron chi connectivity index (χ2n) is 4.21. The fraction of sp³-hybridized carbons (Fsp3) is 0.571. The lowest BCUT2D eigenvalue weighted by Crippen LogP contribution is -2.56. The van der Waals surface area contributed by atoms with Gasteiger partial charge in [-0.1, -0.05) is 50.6 Å². The molecule has 0 radical (unpaired) electrons. The van der Waals surface area contributed by atoms with Gasteiger partial charge in [-0.05, 0) is 19.0 Å². The van der Waals surface area contributed by atoms with Crippen molar-refractivity contribution in [3.8, 4) is 0 Å². The van der Waals surface area contributed by atoms with Crippen LogP contribution in [0, 0.1) is 0 Å². The third kappa shape index (κ3) is 3.18. The van der Waals surface area contributed by atoms with Gasteiger partial charge in [0.2, 0.25) is 0 Å². The highest BCUT2D eigenvalue weighted by molar-refractivity contribution is 6.82. The molecule has 0 saturated carbocycles. The van der Waals surface area contributed by atoms with Crippen molar-refractivity contribution in [1.29, 1.82) is 0 Å². The Bertz CT molecular complexity index is 307. The first-order chi connectivity index (χ1) is 8.21. The Morgan fingerprint density at radius 3 is 1.94 bits per heavy atom. The highest BCUT2D eigenvalue weighted by Gasteiger charge is 2.44. The van der Waals surface area contributed by atoms with Crippen LogP contribution in [-0.2, 0) is 8.85 Å². The van der Waals surface area contributed by atoms with Crippen molar-refractivity contribution in [2.45, 2.75) is 39.7 Å². The largest absolute Gasteiger partial charge is 0.391 e. The number of hydrogen-bond donors (Lipinski definition) is 0. The fourth-order valence-corrected chi connectivity index (χ4v) is 5.75. The third-order valence-electron chi connectivity index (χ3n) is 3.15. The summed E-state index contributed by atoms with van der Waals surface area (Å²) in [6.07, 6.45) is 1.08. The average molecular weight is 252 g/mol. The first-order valence-electron chi connectivity index (χ1n) is 6.54. The Labute approximate surface area is 106 Å². The van der Waals surface area contributed by atoms with Gasteiger partial charge in [-0.15, -0.1) is 0 Å². The summed E-state index contributed by atoms with van der Waals surface area (Å²) >= 11 is 0. The molecule has 0 saturated heterocycles. The molecule has 0 aliphatic rings. The summed E-state index contributed by atoms with van der Waals surface area (Å²) in [5, 5.41) is 1.25. The van der Waals surface area contributed by atoms with Gasteiger partial charge < -0.3 is 8.85 Å². The van der Waals surface area contributed by atoms with E-state index in [-0.39, 0.29) is 0 Å². The zero-order valence-electron chi connectivity index (χ0n) is 11.4. The van der Waals surface area contributed by atoms with E-state index in [1.807, 2.05) is 19.9 Å². The Balaban J connectivity index is 3.14. The zero-order chi connectivity index (χ0) is 12.7. The van der Waals surface area contributed by atoms with E-state index in [0.29, 0.717) is 18.8 Å². The Morgan fingerprint density at radius 1 is 1.00 bits per heavy atom. The summed E-state index contributed by atoms with van der Waals surface area (Å²) in [5.74, 6) is 0. The van der Waals surface area contributed by atoms with Crippen LogP contribution in [0.2, 0.25) is 5.54 Å². The maximum absolute atomic E-state index is 6.13. The van der Waals surface area contributed by atoms with E-state index >= 15 is 0 Å². The molecule has 1 aromatic carbocycles. The first kappa shape index (κ1) is 14.4. The molecule has 2 nitrogen and oxygen atoms in total. The molecule has 0 N–H and O–H groups in total. The van der Waals surface area contributed by atoms with Gasteiger partial charge in [-0.2, -0.15) is 0 Å². The van der Waals surface area contributed by atoms with Crippen molar-refractivity contribution < 1.29 is 8.85 Å². The lowest BCUT2D eigenvalue weighted by Gasteiger charge is -2.35. The minimum atomic E-state index is -2.28. The molecule has 1 unspecified atom stereocenters. The van der Waals surface area contributed by atoms with Crippen LogP contribution in [0.1, 0.15) is 34.1 Å². The van der Waals surface area contributed by atoms with E-state index in [2.05, 4.69) is 38.1 Å². The SMILES string of the molecule is CCO[Si](OCC)(c1ccccc1)C(C)CC. The standard InChI is InChI=1S/C14H24O2Si/c1-5-13(4)17(15-6-2,16-7-3)14-11-9-8-10-12-14/h8-13H,5-7H2,1-4H3. The molecule has 1 rings (SSSR count). The third-order valence-corrected chi connectivity index (χ3v) is 7.43. The van der Waals surface area contributed by atoms with Crippen molar-refractivity contribution in [3.63, 3.8) is 0 Å². The van der Waals surface area contributed by atoms with Gasteiger partial charge in [0.1, 0.15) is 0 Å². The van der Waals surface area contributed by atoms with Gasteiger partial charge in [0.15, 0.2) is 0 Å². The normalized spacial score (nSPS) is 13.6. The van der Waals surface area contributed by atoms with Crippen LogP contribution in [0.3, 0.4) is 0 Å². The van der Waals surface area contributed by atoms with Crippen LogP contribution in [0.5, 0.6) is 0 Å². The van der Waals surface area contributed by atoms with Crippen LogP contribution in [0.25, 0.3) is 0 Å². The maximum atomic E-state index is 6.13. The Hall–Kier alpha value is -0.643. The maximum Gasteiger partial charge on any atom is 0.375 e. The van der Waals surface area contributed by atoms with Gasteiger partial charge >= 0.3 is 8.56 Å². The van der Waals surface area contributed by atoms with E-state index in [0.717, 1.165) is 6.42 Å². The molecule has 0 aliphatic carbocycles. The van der Waals surface area contributed by atoms with Crippen LogP contribution >= 0.6 is 0 Å². The van der Waals surface area contributed by atoms with Crippen molar-refractivity contribution in [2.24, 2.45) is 0 Å². The topological polar surface area (TPSA) is 18.5 Å². The summed E-state index contributed by atoms with van der Waals surface area (Å²) in [5.41, 5.74) is 0.463. The molecular weight excluding hydrogens is 228 g/mol. The van der Waals surface area contributed by atoms with Crippen molar-refractivity contribution in [3.05, 3.63) is 30.3 Å². The van der Waals surface area contributed by atoms with E-state index in [4.69, 9.17) is 8.85 Å². The molecule has 0 amide bonds. The van der Waals surface area contributed by atoms with Crippen LogP contribution in [0.4, 0.5) is 0 Å². The van der Waals surface area contributed by atoms with Crippen molar-refractivity contribution in [2.75, 3.05) is 13.2 Å². The minimum absolute atomic E-state index is 0.463. The van der Waals surface area contributed by atoms with Gasteiger partial charge in [-0.25, -0.2) is 0 Å². The first-order valence-corrected chi connectivity index (χ1v) is 8.44.